The monoisotopic (exact) mass is 298 g/mol. The predicted octanol–water partition coefficient (Wildman–Crippen LogP) is 1.66. The molecular weight excluding hydrogens is 284 g/mol. The van der Waals surface area contributed by atoms with Crippen LogP contribution in [-0.2, 0) is 4.79 Å². The molecule has 2 heterocycles. The highest BCUT2D eigenvalue weighted by Crippen LogP contribution is 2.11. The van der Waals surface area contributed by atoms with E-state index in [1.165, 1.54) is 0 Å². The maximum absolute atomic E-state index is 12.0. The molecule has 1 aliphatic heterocycles. The summed E-state index contributed by atoms with van der Waals surface area (Å²) >= 11 is 3.27. The first kappa shape index (κ1) is 12.3. The second-order valence-electron chi connectivity index (χ2n) is 4.12. The van der Waals surface area contributed by atoms with E-state index in [2.05, 4.69) is 31.2 Å². The number of carbonyl (C=O) groups is 1. The second kappa shape index (κ2) is 5.44. The van der Waals surface area contributed by atoms with E-state index in [1.54, 1.807) is 12.4 Å². The minimum atomic E-state index is -0.283. The zero-order valence-electron chi connectivity index (χ0n) is 9.69. The summed E-state index contributed by atoms with van der Waals surface area (Å²) in [6.45, 7) is 3.57. The molecule has 0 aliphatic carbocycles. The van der Waals surface area contributed by atoms with Crippen LogP contribution in [0.5, 0.6) is 0 Å². The topological polar surface area (TPSA) is 58.1 Å². The summed E-state index contributed by atoms with van der Waals surface area (Å²) in [5, 5.41) is 3.01. The Morgan fingerprint density at radius 1 is 1.41 bits per heavy atom. The third kappa shape index (κ3) is 3.15. The van der Waals surface area contributed by atoms with Gasteiger partial charge in [-0.1, -0.05) is 0 Å². The number of carbonyl (C=O) groups excluding carboxylic acids is 1. The number of aromatic nitrogens is 2. The first-order chi connectivity index (χ1) is 8.16. The molecule has 1 aromatic rings. The zero-order valence-corrected chi connectivity index (χ0v) is 11.3. The average molecular weight is 299 g/mol. The standard InChI is InChI=1S/C11H15BrN4O/c1-8(10(17)16-4-2-3-5-16)15-11-13-6-9(12)7-14-11/h6-8H,2-5H2,1H3,(H,13,14,15). The third-order valence-electron chi connectivity index (χ3n) is 2.75. The highest BCUT2D eigenvalue weighted by molar-refractivity contribution is 9.10. The summed E-state index contributed by atoms with van der Waals surface area (Å²) in [6.07, 6.45) is 5.52. The van der Waals surface area contributed by atoms with E-state index in [0.29, 0.717) is 5.95 Å². The van der Waals surface area contributed by atoms with E-state index in [0.717, 1.165) is 30.4 Å². The van der Waals surface area contributed by atoms with Gasteiger partial charge in [-0.15, -0.1) is 0 Å². The van der Waals surface area contributed by atoms with Gasteiger partial charge in [-0.25, -0.2) is 9.97 Å². The molecule has 6 heteroatoms. The predicted molar refractivity (Wildman–Crippen MR) is 68.6 cm³/mol. The lowest BCUT2D eigenvalue weighted by atomic mass is 10.3. The minimum Gasteiger partial charge on any atom is -0.343 e. The van der Waals surface area contributed by atoms with E-state index in [4.69, 9.17) is 0 Å². The third-order valence-corrected chi connectivity index (χ3v) is 3.16. The van der Waals surface area contributed by atoms with E-state index >= 15 is 0 Å². The summed E-state index contributed by atoms with van der Waals surface area (Å²) in [7, 11) is 0. The lowest BCUT2D eigenvalue weighted by Crippen LogP contribution is -2.39. The number of rotatable bonds is 3. The average Bonchev–Trinajstić information content (AvgIpc) is 2.84. The van der Waals surface area contributed by atoms with E-state index in [-0.39, 0.29) is 11.9 Å². The van der Waals surface area contributed by atoms with Crippen LogP contribution in [0, 0.1) is 0 Å². The number of likely N-dealkylation sites (tertiary alicyclic amines) is 1. The summed E-state index contributed by atoms with van der Waals surface area (Å²) in [6, 6.07) is -0.283. The van der Waals surface area contributed by atoms with Gasteiger partial charge in [-0.3, -0.25) is 4.79 Å². The number of nitrogens with one attached hydrogen (secondary N) is 1. The van der Waals surface area contributed by atoms with Crippen molar-refractivity contribution in [1.29, 1.82) is 0 Å². The normalized spacial score (nSPS) is 16.9. The van der Waals surface area contributed by atoms with Gasteiger partial charge in [-0.05, 0) is 35.7 Å². The first-order valence-corrected chi connectivity index (χ1v) is 6.49. The van der Waals surface area contributed by atoms with Crippen molar-refractivity contribution in [3.8, 4) is 0 Å². The van der Waals surface area contributed by atoms with Gasteiger partial charge in [0, 0.05) is 25.5 Å². The maximum atomic E-state index is 12.0. The first-order valence-electron chi connectivity index (χ1n) is 5.69. The van der Waals surface area contributed by atoms with Crippen molar-refractivity contribution in [3.05, 3.63) is 16.9 Å². The van der Waals surface area contributed by atoms with Crippen LogP contribution < -0.4 is 5.32 Å². The summed E-state index contributed by atoms with van der Waals surface area (Å²) in [5.41, 5.74) is 0. The highest BCUT2D eigenvalue weighted by Gasteiger charge is 2.23. The van der Waals surface area contributed by atoms with Crippen molar-refractivity contribution in [2.45, 2.75) is 25.8 Å². The molecule has 2 rings (SSSR count). The zero-order chi connectivity index (χ0) is 12.3. The lowest BCUT2D eigenvalue weighted by Gasteiger charge is -2.20. The molecule has 1 N–H and O–H groups in total. The molecule has 0 bridgehead atoms. The van der Waals surface area contributed by atoms with Crippen molar-refractivity contribution in [2.75, 3.05) is 18.4 Å². The van der Waals surface area contributed by atoms with Gasteiger partial charge in [0.1, 0.15) is 6.04 Å². The van der Waals surface area contributed by atoms with Crippen molar-refractivity contribution in [1.82, 2.24) is 14.9 Å². The van der Waals surface area contributed by atoms with Gasteiger partial charge in [0.05, 0.1) is 4.47 Å². The molecule has 1 fully saturated rings. The molecule has 0 aromatic carbocycles. The Morgan fingerprint density at radius 3 is 2.59 bits per heavy atom. The van der Waals surface area contributed by atoms with Crippen LogP contribution in [0.4, 0.5) is 5.95 Å². The molecule has 0 saturated carbocycles. The van der Waals surface area contributed by atoms with Crippen molar-refractivity contribution in [3.63, 3.8) is 0 Å². The number of hydrogen-bond acceptors (Lipinski definition) is 4. The van der Waals surface area contributed by atoms with Gasteiger partial charge >= 0.3 is 0 Å². The molecule has 1 aromatic heterocycles. The smallest absolute Gasteiger partial charge is 0.244 e. The Balaban J connectivity index is 1.93. The summed E-state index contributed by atoms with van der Waals surface area (Å²) in [5.74, 6) is 0.599. The molecule has 92 valence electrons. The summed E-state index contributed by atoms with van der Waals surface area (Å²) < 4.78 is 0.821. The van der Waals surface area contributed by atoms with Crippen LogP contribution in [0.2, 0.25) is 0 Å². The Hall–Kier alpha value is -1.17. The Labute approximate surface area is 109 Å². The number of anilines is 1. The number of nitrogens with zero attached hydrogens (tertiary/aromatic N) is 3. The molecule has 0 radical (unpaired) electrons. The molecule has 1 saturated heterocycles. The van der Waals surface area contributed by atoms with Crippen LogP contribution in [-0.4, -0.2) is 39.9 Å². The fourth-order valence-corrected chi connectivity index (χ4v) is 2.06. The SMILES string of the molecule is CC(Nc1ncc(Br)cn1)C(=O)N1CCCC1. The van der Waals surface area contributed by atoms with E-state index in [9.17, 15) is 4.79 Å². The molecule has 1 atom stereocenters. The summed E-state index contributed by atoms with van der Waals surface area (Å²) in [4.78, 5) is 22.1. The fraction of sp³-hybridized carbons (Fsp3) is 0.545. The van der Waals surface area contributed by atoms with Gasteiger partial charge in [0.15, 0.2) is 0 Å². The van der Waals surface area contributed by atoms with E-state index < -0.39 is 0 Å². The lowest BCUT2D eigenvalue weighted by molar-refractivity contribution is -0.130. The molecular formula is C11H15BrN4O. The van der Waals surface area contributed by atoms with Crippen LogP contribution in [0.1, 0.15) is 19.8 Å². The van der Waals surface area contributed by atoms with Crippen molar-refractivity contribution >= 4 is 27.8 Å². The molecule has 1 unspecified atom stereocenters. The molecule has 5 nitrogen and oxygen atoms in total. The van der Waals surface area contributed by atoms with Gasteiger partial charge in [0.25, 0.3) is 0 Å². The largest absolute Gasteiger partial charge is 0.343 e. The molecule has 17 heavy (non-hydrogen) atoms. The van der Waals surface area contributed by atoms with Crippen molar-refractivity contribution in [2.24, 2.45) is 0 Å². The second-order valence-corrected chi connectivity index (χ2v) is 5.04. The molecule has 1 aliphatic rings. The number of halogens is 1. The maximum Gasteiger partial charge on any atom is 0.244 e. The van der Waals surface area contributed by atoms with Gasteiger partial charge in [-0.2, -0.15) is 0 Å². The Kier molecular flexibility index (Phi) is 3.93. The van der Waals surface area contributed by atoms with Crippen molar-refractivity contribution < 1.29 is 4.79 Å². The minimum absolute atomic E-state index is 0.119. The molecule has 1 amide bonds. The Bertz CT molecular complexity index is 389. The Morgan fingerprint density at radius 2 is 2.00 bits per heavy atom. The quantitative estimate of drug-likeness (QED) is 0.922. The number of amides is 1. The van der Waals surface area contributed by atoms with Crippen LogP contribution in [0.15, 0.2) is 16.9 Å². The van der Waals surface area contributed by atoms with Gasteiger partial charge in [0.2, 0.25) is 11.9 Å². The van der Waals surface area contributed by atoms with Gasteiger partial charge < -0.3 is 10.2 Å². The highest BCUT2D eigenvalue weighted by atomic mass is 79.9. The van der Waals surface area contributed by atoms with Crippen LogP contribution >= 0.6 is 15.9 Å². The van der Waals surface area contributed by atoms with Crippen LogP contribution in [0.3, 0.4) is 0 Å². The fourth-order valence-electron chi connectivity index (χ4n) is 1.85. The molecule has 0 spiro atoms. The van der Waals surface area contributed by atoms with Crippen LogP contribution in [0.25, 0.3) is 0 Å². The number of hydrogen-bond donors (Lipinski definition) is 1. The van der Waals surface area contributed by atoms with E-state index in [1.807, 2.05) is 11.8 Å².